The molecule has 3 heterocycles. The Labute approximate surface area is 184 Å². The van der Waals surface area contributed by atoms with Crippen molar-refractivity contribution >= 4 is 17.4 Å². The molecule has 1 saturated heterocycles. The number of ether oxygens (including phenoxy) is 1. The van der Waals surface area contributed by atoms with E-state index in [-0.39, 0.29) is 35.6 Å². The normalized spacial score (nSPS) is 19.6. The molecule has 2 aliphatic heterocycles. The summed E-state index contributed by atoms with van der Waals surface area (Å²) in [6.45, 7) is 3.58. The Morgan fingerprint density at radius 3 is 2.81 bits per heavy atom. The third kappa shape index (κ3) is 4.64. The van der Waals surface area contributed by atoms with Gasteiger partial charge in [-0.15, -0.1) is 0 Å². The summed E-state index contributed by atoms with van der Waals surface area (Å²) in [5.74, 6) is -1.53. The number of nitrogens with zero attached hydrogens (tertiary/aromatic N) is 4. The van der Waals surface area contributed by atoms with E-state index in [0.29, 0.717) is 37.3 Å². The molecule has 1 aromatic carbocycles. The van der Waals surface area contributed by atoms with E-state index in [2.05, 4.69) is 15.4 Å². The van der Waals surface area contributed by atoms with Crippen molar-refractivity contribution in [3.05, 3.63) is 47.4 Å². The summed E-state index contributed by atoms with van der Waals surface area (Å²) in [6, 6.07) is 2.26. The molecule has 0 saturated carbocycles. The van der Waals surface area contributed by atoms with E-state index in [1.807, 2.05) is 0 Å². The Hall–Kier alpha value is -3.27. The average molecular weight is 444 g/mol. The lowest BCUT2D eigenvalue weighted by Gasteiger charge is -2.31. The second kappa shape index (κ2) is 9.07. The van der Waals surface area contributed by atoms with E-state index in [1.165, 1.54) is 23.9 Å². The minimum absolute atomic E-state index is 0.0784. The smallest absolute Gasteiger partial charge is 0.219 e. The first-order valence-electron chi connectivity index (χ1n) is 10.5. The number of carbonyl (C=O) groups is 1. The van der Waals surface area contributed by atoms with Gasteiger partial charge in [0.1, 0.15) is 17.3 Å². The molecular formula is C22H26F2N6O2. The predicted octanol–water partition coefficient (Wildman–Crippen LogP) is 2.24. The maximum atomic E-state index is 14.6. The van der Waals surface area contributed by atoms with Gasteiger partial charge in [-0.25, -0.2) is 13.8 Å². The van der Waals surface area contributed by atoms with Gasteiger partial charge in [0.25, 0.3) is 0 Å². The molecule has 1 unspecified atom stereocenters. The van der Waals surface area contributed by atoms with Gasteiger partial charge in [-0.05, 0) is 12.5 Å². The van der Waals surface area contributed by atoms with Crippen LogP contribution in [0.3, 0.4) is 0 Å². The number of hydrogen-bond donors (Lipinski definition) is 2. The van der Waals surface area contributed by atoms with E-state index < -0.39 is 11.6 Å². The Morgan fingerprint density at radius 1 is 1.34 bits per heavy atom. The molecule has 10 heteroatoms. The van der Waals surface area contributed by atoms with Crippen molar-refractivity contribution in [3.63, 3.8) is 0 Å². The van der Waals surface area contributed by atoms with Gasteiger partial charge >= 0.3 is 0 Å². The summed E-state index contributed by atoms with van der Waals surface area (Å²) >= 11 is 0. The zero-order valence-electron chi connectivity index (χ0n) is 18.1. The van der Waals surface area contributed by atoms with Crippen molar-refractivity contribution in [2.24, 2.45) is 17.8 Å². The maximum Gasteiger partial charge on any atom is 0.219 e. The molecule has 2 aliphatic rings. The lowest BCUT2D eigenvalue weighted by atomic mass is 10.0. The fraction of sp³-hybridized carbons (Fsp3) is 0.409. The fourth-order valence-corrected chi connectivity index (χ4v) is 3.92. The third-order valence-corrected chi connectivity index (χ3v) is 5.70. The van der Waals surface area contributed by atoms with Crippen molar-refractivity contribution < 1.29 is 18.3 Å². The van der Waals surface area contributed by atoms with Gasteiger partial charge in [-0.2, -0.15) is 5.10 Å². The van der Waals surface area contributed by atoms with Crippen LogP contribution in [0.4, 0.5) is 14.5 Å². The van der Waals surface area contributed by atoms with Crippen LogP contribution in [0, 0.1) is 11.6 Å². The van der Waals surface area contributed by atoms with Crippen LogP contribution in [0.15, 0.2) is 40.8 Å². The van der Waals surface area contributed by atoms with Crippen molar-refractivity contribution in [1.82, 2.24) is 20.0 Å². The van der Waals surface area contributed by atoms with Gasteiger partial charge in [0.05, 0.1) is 25.4 Å². The van der Waals surface area contributed by atoms with Crippen LogP contribution in [0.5, 0.6) is 0 Å². The fourth-order valence-electron chi connectivity index (χ4n) is 3.92. The highest BCUT2D eigenvalue weighted by Gasteiger charge is 2.26. The lowest BCUT2D eigenvalue weighted by molar-refractivity contribution is -0.128. The Morgan fingerprint density at radius 2 is 2.16 bits per heavy atom. The van der Waals surface area contributed by atoms with Crippen molar-refractivity contribution in [2.75, 3.05) is 26.3 Å². The summed E-state index contributed by atoms with van der Waals surface area (Å²) < 4.78 is 35.9. The van der Waals surface area contributed by atoms with Gasteiger partial charge in [-0.1, -0.05) is 0 Å². The number of amidine groups is 1. The van der Waals surface area contributed by atoms with Crippen molar-refractivity contribution in [2.45, 2.75) is 25.8 Å². The Kier molecular flexibility index (Phi) is 6.22. The van der Waals surface area contributed by atoms with E-state index in [9.17, 15) is 13.6 Å². The second-order valence-electron chi connectivity index (χ2n) is 8.04. The summed E-state index contributed by atoms with van der Waals surface area (Å²) in [7, 11) is 1.71. The first-order valence-corrected chi connectivity index (χ1v) is 10.5. The van der Waals surface area contributed by atoms with Gasteiger partial charge < -0.3 is 20.7 Å². The summed E-state index contributed by atoms with van der Waals surface area (Å²) in [5, 5.41) is 7.49. The first kappa shape index (κ1) is 21.9. The lowest BCUT2D eigenvalue weighted by Crippen LogP contribution is -2.43. The molecule has 1 aromatic heterocycles. The zero-order chi connectivity index (χ0) is 22.8. The van der Waals surface area contributed by atoms with Crippen LogP contribution < -0.4 is 11.1 Å². The molecule has 32 heavy (non-hydrogen) atoms. The van der Waals surface area contributed by atoms with E-state index >= 15 is 0 Å². The van der Waals surface area contributed by atoms with Gasteiger partial charge in [0.15, 0.2) is 5.82 Å². The maximum absolute atomic E-state index is 14.6. The molecule has 2 aromatic rings. The highest BCUT2D eigenvalue weighted by Crippen LogP contribution is 2.30. The SMILES string of the molecule is CC(=O)N1CCC(NC2CCOC2)=C(C(N)=Nc2cc(-c3cnn(C)c3)c(F)cc2F)C1. The van der Waals surface area contributed by atoms with Gasteiger partial charge in [-0.3, -0.25) is 9.48 Å². The Balaban J connectivity index is 1.71. The van der Waals surface area contributed by atoms with Crippen LogP contribution in [0.1, 0.15) is 19.8 Å². The number of carbonyl (C=O) groups excluding carboxylic acids is 1. The molecule has 8 nitrogen and oxygen atoms in total. The predicted molar refractivity (Wildman–Crippen MR) is 116 cm³/mol. The molecule has 4 rings (SSSR count). The molecule has 1 atom stereocenters. The van der Waals surface area contributed by atoms with Gasteiger partial charge in [0.2, 0.25) is 5.91 Å². The molecular weight excluding hydrogens is 418 g/mol. The number of hydrogen-bond acceptors (Lipinski definition) is 5. The molecule has 0 bridgehead atoms. The van der Waals surface area contributed by atoms with E-state index in [1.54, 1.807) is 18.1 Å². The van der Waals surface area contributed by atoms with E-state index in [4.69, 9.17) is 10.5 Å². The molecule has 0 radical (unpaired) electrons. The summed E-state index contributed by atoms with van der Waals surface area (Å²) in [4.78, 5) is 17.9. The Bertz CT molecular complexity index is 1090. The molecule has 1 amide bonds. The number of aromatic nitrogens is 2. The number of halogens is 2. The van der Waals surface area contributed by atoms with E-state index in [0.717, 1.165) is 18.2 Å². The van der Waals surface area contributed by atoms with Crippen LogP contribution >= 0.6 is 0 Å². The first-order chi connectivity index (χ1) is 15.3. The molecule has 0 spiro atoms. The number of aliphatic imine (C=N–C) groups is 1. The van der Waals surface area contributed by atoms with Crippen molar-refractivity contribution in [1.29, 1.82) is 0 Å². The summed E-state index contributed by atoms with van der Waals surface area (Å²) in [6.07, 6.45) is 4.57. The number of amides is 1. The largest absolute Gasteiger partial charge is 0.383 e. The highest BCUT2D eigenvalue weighted by molar-refractivity contribution is 6.00. The number of aryl methyl sites for hydroxylation is 1. The number of benzene rings is 1. The number of nitrogens with one attached hydrogen (secondary N) is 1. The van der Waals surface area contributed by atoms with Crippen LogP contribution in [-0.2, 0) is 16.6 Å². The summed E-state index contributed by atoms with van der Waals surface area (Å²) in [5.41, 5.74) is 8.41. The van der Waals surface area contributed by atoms with Gasteiger partial charge in [0, 0.05) is 68.2 Å². The highest BCUT2D eigenvalue weighted by atomic mass is 19.1. The quantitative estimate of drug-likeness (QED) is 0.545. The molecule has 0 aliphatic carbocycles. The number of rotatable bonds is 5. The van der Waals surface area contributed by atoms with Crippen LogP contribution in [-0.4, -0.2) is 58.8 Å². The minimum Gasteiger partial charge on any atom is -0.383 e. The standard InChI is InChI=1S/C22H26F2N6O2/c1-13(31)30-5-3-20(27-15-4-6-32-12-15)17(11-30)22(25)28-21-7-16(18(23)8-19(21)24)14-9-26-29(2)10-14/h7-10,15,27H,3-6,11-12H2,1-2H3,(H2,25,28). The second-order valence-corrected chi connectivity index (χ2v) is 8.04. The van der Waals surface area contributed by atoms with Crippen LogP contribution in [0.2, 0.25) is 0 Å². The van der Waals surface area contributed by atoms with Crippen LogP contribution in [0.25, 0.3) is 11.1 Å². The number of nitrogens with two attached hydrogens (primary N) is 1. The molecule has 1 fully saturated rings. The third-order valence-electron chi connectivity index (χ3n) is 5.70. The molecule has 170 valence electrons. The monoisotopic (exact) mass is 444 g/mol. The molecule has 3 N–H and O–H groups in total. The van der Waals surface area contributed by atoms with Crippen molar-refractivity contribution in [3.8, 4) is 11.1 Å². The minimum atomic E-state index is -0.823. The topological polar surface area (TPSA) is 97.8 Å². The zero-order valence-corrected chi connectivity index (χ0v) is 18.1. The average Bonchev–Trinajstić information content (AvgIpc) is 3.41.